The van der Waals surface area contributed by atoms with Crippen LogP contribution in [-0.4, -0.2) is 20.4 Å². The van der Waals surface area contributed by atoms with Gasteiger partial charge in [0, 0.05) is 22.5 Å². The molecule has 1 atom stereocenters. The van der Waals surface area contributed by atoms with Gasteiger partial charge in [-0.05, 0) is 40.1 Å². The predicted octanol–water partition coefficient (Wildman–Crippen LogP) is 4.39. The number of allylic oxidation sites excluding steroid dienone is 1. The summed E-state index contributed by atoms with van der Waals surface area (Å²) in [5, 5.41) is 14.1. The molecular formula is C30H22N6O+2. The molecule has 0 bridgehead atoms. The second kappa shape index (κ2) is 8.80. The van der Waals surface area contributed by atoms with Crippen LogP contribution in [0.15, 0.2) is 132 Å². The van der Waals surface area contributed by atoms with Crippen molar-refractivity contribution in [2.75, 3.05) is 0 Å². The summed E-state index contributed by atoms with van der Waals surface area (Å²) < 4.78 is 9.50. The van der Waals surface area contributed by atoms with Gasteiger partial charge >= 0.3 is 5.82 Å². The molecule has 0 fully saturated rings. The highest BCUT2D eigenvalue weighted by atomic mass is 16.5. The molecule has 0 aliphatic heterocycles. The molecule has 7 nitrogen and oxygen atoms in total. The molecule has 0 saturated heterocycles. The van der Waals surface area contributed by atoms with Crippen molar-refractivity contribution < 1.29 is 13.9 Å². The topological polar surface area (TPSA) is 64.5 Å². The number of hydrogen-bond donors (Lipinski definition) is 0. The average Bonchev–Trinajstić information content (AvgIpc) is 3.72. The van der Waals surface area contributed by atoms with Crippen molar-refractivity contribution in [1.82, 2.24) is 20.4 Å². The number of tetrazole rings is 1. The molecule has 0 spiro atoms. The molecule has 0 amide bonds. The van der Waals surface area contributed by atoms with E-state index in [9.17, 15) is 0 Å². The van der Waals surface area contributed by atoms with Crippen LogP contribution in [0.1, 0.15) is 28.6 Å². The Morgan fingerprint density at radius 1 is 0.703 bits per heavy atom. The van der Waals surface area contributed by atoms with Gasteiger partial charge in [0.1, 0.15) is 5.69 Å². The van der Waals surface area contributed by atoms with Crippen molar-refractivity contribution in [2.24, 2.45) is 0 Å². The molecule has 2 aromatic heterocycles. The zero-order valence-electron chi connectivity index (χ0n) is 19.8. The van der Waals surface area contributed by atoms with Crippen LogP contribution in [0.5, 0.6) is 0 Å². The van der Waals surface area contributed by atoms with Crippen LogP contribution < -0.4 is 9.36 Å². The molecule has 1 unspecified atom stereocenters. The normalized spacial score (nSPS) is 14.4. The first-order valence-electron chi connectivity index (χ1n) is 12.1. The van der Waals surface area contributed by atoms with E-state index in [0.717, 1.165) is 39.6 Å². The van der Waals surface area contributed by atoms with E-state index < -0.39 is 0 Å². The molecule has 2 heterocycles. The monoisotopic (exact) mass is 482 g/mol. The predicted molar refractivity (Wildman–Crippen MR) is 136 cm³/mol. The van der Waals surface area contributed by atoms with Gasteiger partial charge in [-0.25, -0.2) is 0 Å². The lowest BCUT2D eigenvalue weighted by Gasteiger charge is -2.06. The van der Waals surface area contributed by atoms with Crippen molar-refractivity contribution >= 4 is 5.57 Å². The summed E-state index contributed by atoms with van der Waals surface area (Å²) in [5.74, 6) is 1.38. The highest BCUT2D eigenvalue weighted by molar-refractivity contribution is 5.84. The zero-order chi connectivity index (χ0) is 24.6. The summed E-state index contributed by atoms with van der Waals surface area (Å²) in [7, 11) is 0. The number of para-hydroxylation sites is 3. The van der Waals surface area contributed by atoms with Crippen molar-refractivity contribution in [1.29, 1.82) is 0 Å². The smallest absolute Gasteiger partial charge is 0.300 e. The highest BCUT2D eigenvalue weighted by Gasteiger charge is 2.37. The van der Waals surface area contributed by atoms with Crippen LogP contribution in [0.25, 0.3) is 22.6 Å². The third kappa shape index (κ3) is 3.73. The number of aromatic nitrogens is 6. The minimum Gasteiger partial charge on any atom is -0.300 e. The van der Waals surface area contributed by atoms with Gasteiger partial charge in [-0.15, -0.1) is 4.68 Å². The van der Waals surface area contributed by atoms with Gasteiger partial charge in [-0.1, -0.05) is 84.9 Å². The number of benzene rings is 4. The molecule has 7 heteroatoms. The molecule has 0 N–H and O–H groups in total. The summed E-state index contributed by atoms with van der Waals surface area (Å²) >= 11 is 0. The molecule has 1 aliphatic carbocycles. The molecule has 6 aromatic rings. The lowest BCUT2D eigenvalue weighted by Crippen LogP contribution is -2.38. The van der Waals surface area contributed by atoms with E-state index in [1.165, 1.54) is 0 Å². The van der Waals surface area contributed by atoms with Gasteiger partial charge in [0.15, 0.2) is 5.69 Å². The van der Waals surface area contributed by atoms with E-state index >= 15 is 0 Å². The van der Waals surface area contributed by atoms with E-state index in [1.54, 1.807) is 9.48 Å². The Hall–Kier alpha value is -5.17. The maximum atomic E-state index is 5.83. The SMILES string of the molecule is C1=C(c2c[n+](-c3ccccc3)no2)c2ccccc2C1c1nn(-c2ccccc2)n[n+]1-c1ccccc1. The third-order valence-corrected chi connectivity index (χ3v) is 6.53. The fraction of sp³-hybridized carbons (Fsp3) is 0.0333. The van der Waals surface area contributed by atoms with E-state index in [-0.39, 0.29) is 5.92 Å². The standard InChI is InChI=1S/C30H22N6O/c1-4-12-22(13-5-1)34-21-29(37-33-34)27-20-28(26-19-11-10-18-25(26)27)30-31-36(24-16-8-3-9-17-24)32-35(30)23-14-6-2-7-15-23/h1-21,28H/q+2. The van der Waals surface area contributed by atoms with Crippen LogP contribution >= 0.6 is 0 Å². The number of hydrogen-bond acceptors (Lipinski definition) is 4. The quantitative estimate of drug-likeness (QED) is 0.342. The minimum atomic E-state index is -0.126. The molecular weight excluding hydrogens is 460 g/mol. The van der Waals surface area contributed by atoms with Gasteiger partial charge in [0.05, 0.1) is 16.2 Å². The van der Waals surface area contributed by atoms with Crippen LogP contribution in [0.2, 0.25) is 0 Å². The summed E-state index contributed by atoms with van der Waals surface area (Å²) in [4.78, 5) is 1.69. The van der Waals surface area contributed by atoms with E-state index in [2.05, 4.69) is 29.5 Å². The van der Waals surface area contributed by atoms with Gasteiger partial charge in [0.2, 0.25) is 16.7 Å². The molecule has 4 aromatic carbocycles. The van der Waals surface area contributed by atoms with Crippen molar-refractivity contribution in [3.05, 3.63) is 150 Å². The first-order chi connectivity index (χ1) is 18.3. The molecule has 37 heavy (non-hydrogen) atoms. The first kappa shape index (κ1) is 21.1. The highest BCUT2D eigenvalue weighted by Crippen LogP contribution is 2.41. The van der Waals surface area contributed by atoms with Crippen molar-refractivity contribution in [2.45, 2.75) is 5.92 Å². The van der Waals surface area contributed by atoms with E-state index in [0.29, 0.717) is 5.76 Å². The van der Waals surface area contributed by atoms with E-state index in [4.69, 9.17) is 14.8 Å². The summed E-state index contributed by atoms with van der Waals surface area (Å²) in [6, 6.07) is 38.4. The molecule has 0 radical (unpaired) electrons. The van der Waals surface area contributed by atoms with Gasteiger partial charge in [-0.2, -0.15) is 0 Å². The summed E-state index contributed by atoms with van der Waals surface area (Å²) in [5.41, 5.74) is 6.00. The number of nitrogens with zero attached hydrogens (tertiary/aromatic N) is 6. The maximum Gasteiger partial charge on any atom is 0.315 e. The second-order valence-corrected chi connectivity index (χ2v) is 8.81. The Morgan fingerprint density at radius 3 is 2.11 bits per heavy atom. The Kier molecular flexibility index (Phi) is 5.03. The van der Waals surface area contributed by atoms with Crippen LogP contribution in [-0.2, 0) is 0 Å². The van der Waals surface area contributed by atoms with Crippen LogP contribution in [0.3, 0.4) is 0 Å². The maximum absolute atomic E-state index is 5.83. The van der Waals surface area contributed by atoms with Crippen LogP contribution in [0.4, 0.5) is 0 Å². The molecule has 7 rings (SSSR count). The first-order valence-corrected chi connectivity index (χ1v) is 12.1. The lowest BCUT2D eigenvalue weighted by molar-refractivity contribution is -0.670. The summed E-state index contributed by atoms with van der Waals surface area (Å²) in [6.07, 6.45) is 4.12. The Balaban J connectivity index is 1.38. The largest absolute Gasteiger partial charge is 0.315 e. The van der Waals surface area contributed by atoms with Gasteiger partial charge in [-0.3, -0.25) is 4.52 Å². The Labute approximate surface area is 213 Å². The number of rotatable bonds is 5. The average molecular weight is 483 g/mol. The fourth-order valence-corrected chi connectivity index (χ4v) is 4.76. The van der Waals surface area contributed by atoms with Crippen molar-refractivity contribution in [3.63, 3.8) is 0 Å². The van der Waals surface area contributed by atoms with Crippen molar-refractivity contribution in [3.8, 4) is 17.1 Å². The van der Waals surface area contributed by atoms with E-state index in [1.807, 2.05) is 108 Å². The van der Waals surface area contributed by atoms with Crippen LogP contribution in [0, 0.1) is 0 Å². The molecule has 176 valence electrons. The zero-order valence-corrected chi connectivity index (χ0v) is 19.8. The third-order valence-electron chi connectivity index (χ3n) is 6.53. The Bertz CT molecular complexity index is 1720. The lowest BCUT2D eigenvalue weighted by atomic mass is 9.99. The Morgan fingerprint density at radius 2 is 1.35 bits per heavy atom. The molecule has 1 aliphatic rings. The van der Waals surface area contributed by atoms with Gasteiger partial charge < -0.3 is 0 Å². The summed E-state index contributed by atoms with van der Waals surface area (Å²) in [6.45, 7) is 0. The fourth-order valence-electron chi connectivity index (χ4n) is 4.76. The van der Waals surface area contributed by atoms with Gasteiger partial charge in [0.25, 0.3) is 6.20 Å². The number of fused-ring (bicyclic) bond motifs is 1. The second-order valence-electron chi connectivity index (χ2n) is 8.81. The molecule has 0 saturated carbocycles. The minimum absolute atomic E-state index is 0.126.